The Hall–Kier alpha value is -1.89. The highest BCUT2D eigenvalue weighted by atomic mass is 16.6. The number of carbonyl (C=O) groups excluding carboxylic acids is 1. The zero-order valence-electron chi connectivity index (χ0n) is 11.8. The maximum atomic E-state index is 12.6. The molecule has 1 fully saturated rings. The first-order valence-corrected chi connectivity index (χ1v) is 6.87. The van der Waals surface area contributed by atoms with Crippen LogP contribution in [0.3, 0.4) is 0 Å². The van der Waals surface area contributed by atoms with Gasteiger partial charge in [0.2, 0.25) is 0 Å². The fraction of sp³-hybridized carbons (Fsp3) is 0.615. The number of hydrogen-bond donors (Lipinski definition) is 1. The summed E-state index contributed by atoms with van der Waals surface area (Å²) in [7, 11) is 1.66. The van der Waals surface area contributed by atoms with Crippen LogP contribution < -0.4 is 5.32 Å². The predicted molar refractivity (Wildman–Crippen MR) is 74.7 cm³/mol. The van der Waals surface area contributed by atoms with E-state index in [1.54, 1.807) is 7.05 Å². The van der Waals surface area contributed by atoms with Gasteiger partial charge in [-0.1, -0.05) is 0 Å². The van der Waals surface area contributed by atoms with Gasteiger partial charge in [0.05, 0.1) is 11.1 Å². The van der Waals surface area contributed by atoms with Crippen molar-refractivity contribution in [3.63, 3.8) is 0 Å². The number of nitrogens with one attached hydrogen (secondary N) is 1. The van der Waals surface area contributed by atoms with E-state index in [1.165, 1.54) is 16.8 Å². The number of nitrogens with zero attached hydrogens (tertiary/aromatic N) is 3. The van der Waals surface area contributed by atoms with Crippen LogP contribution >= 0.6 is 0 Å². The predicted octanol–water partition coefficient (Wildman–Crippen LogP) is 1.15. The van der Waals surface area contributed by atoms with Crippen molar-refractivity contribution in [2.45, 2.75) is 25.8 Å². The van der Waals surface area contributed by atoms with Gasteiger partial charge in [-0.2, -0.15) is 0 Å². The lowest BCUT2D eigenvalue weighted by atomic mass is 10.0. The molecule has 0 spiro atoms. The van der Waals surface area contributed by atoms with Crippen LogP contribution in [-0.2, 0) is 7.05 Å². The highest BCUT2D eigenvalue weighted by Crippen LogP contribution is 2.20. The number of aromatic nitrogens is 1. The third kappa shape index (κ3) is 2.82. The van der Waals surface area contributed by atoms with Gasteiger partial charge >= 0.3 is 0 Å². The Morgan fingerprint density at radius 2 is 2.20 bits per heavy atom. The van der Waals surface area contributed by atoms with Crippen molar-refractivity contribution in [3.05, 3.63) is 28.1 Å². The van der Waals surface area contributed by atoms with Crippen LogP contribution in [0.25, 0.3) is 0 Å². The van der Waals surface area contributed by atoms with Crippen molar-refractivity contribution in [2.75, 3.05) is 19.6 Å². The third-order valence-corrected chi connectivity index (χ3v) is 3.77. The van der Waals surface area contributed by atoms with Gasteiger partial charge in [0.25, 0.3) is 11.6 Å². The summed E-state index contributed by atoms with van der Waals surface area (Å²) >= 11 is 0. The number of carbonyl (C=O) groups is 1. The highest BCUT2D eigenvalue weighted by Gasteiger charge is 2.27. The summed E-state index contributed by atoms with van der Waals surface area (Å²) in [4.78, 5) is 24.7. The van der Waals surface area contributed by atoms with Gasteiger partial charge < -0.3 is 14.8 Å². The van der Waals surface area contributed by atoms with Crippen LogP contribution in [-0.4, -0.2) is 46.0 Å². The molecule has 1 aliphatic rings. The topological polar surface area (TPSA) is 80.4 Å². The molecule has 0 aromatic carbocycles. The monoisotopic (exact) mass is 280 g/mol. The average Bonchev–Trinajstić information content (AvgIpc) is 2.83. The first-order chi connectivity index (χ1) is 9.54. The Morgan fingerprint density at radius 1 is 1.55 bits per heavy atom. The number of piperidine rings is 1. The van der Waals surface area contributed by atoms with Crippen LogP contribution in [0.2, 0.25) is 0 Å². The highest BCUT2D eigenvalue weighted by molar-refractivity contribution is 5.93. The summed E-state index contributed by atoms with van der Waals surface area (Å²) in [5.41, 5.74) is 0.328. The minimum Gasteiger partial charge on any atom is -0.340 e. The molecule has 0 radical (unpaired) electrons. The molecule has 1 aromatic heterocycles. The summed E-state index contributed by atoms with van der Waals surface area (Å²) in [6.07, 6.45) is 3.22. The van der Waals surface area contributed by atoms with E-state index in [1.807, 2.05) is 11.8 Å². The quantitative estimate of drug-likeness (QED) is 0.662. The Kier molecular flexibility index (Phi) is 4.39. The lowest BCUT2D eigenvalue weighted by molar-refractivity contribution is -0.384. The van der Waals surface area contributed by atoms with Gasteiger partial charge in [0.15, 0.2) is 0 Å². The first kappa shape index (κ1) is 14.5. The molecule has 1 N–H and O–H groups in total. The molecule has 0 saturated carbocycles. The summed E-state index contributed by atoms with van der Waals surface area (Å²) in [5, 5.41) is 14.1. The zero-order chi connectivity index (χ0) is 14.7. The second kappa shape index (κ2) is 6.04. The normalized spacial score (nSPS) is 16.1. The molecule has 0 bridgehead atoms. The summed E-state index contributed by atoms with van der Waals surface area (Å²) < 4.78 is 1.53. The maximum Gasteiger partial charge on any atom is 0.287 e. The van der Waals surface area contributed by atoms with Crippen LogP contribution in [0.1, 0.15) is 30.3 Å². The van der Waals surface area contributed by atoms with Gasteiger partial charge in [-0.25, -0.2) is 0 Å². The van der Waals surface area contributed by atoms with Crippen LogP contribution in [0, 0.1) is 10.1 Å². The molecular formula is C13H20N4O3. The lowest BCUT2D eigenvalue weighted by Crippen LogP contribution is -2.46. The van der Waals surface area contributed by atoms with E-state index >= 15 is 0 Å². The second-order valence-electron chi connectivity index (χ2n) is 5.02. The largest absolute Gasteiger partial charge is 0.340 e. The number of nitro groups is 1. The summed E-state index contributed by atoms with van der Waals surface area (Å²) in [5.74, 6) is -0.130. The van der Waals surface area contributed by atoms with Crippen molar-refractivity contribution in [1.82, 2.24) is 14.8 Å². The van der Waals surface area contributed by atoms with Crippen molar-refractivity contribution < 1.29 is 9.72 Å². The molecule has 2 rings (SSSR count). The Morgan fingerprint density at radius 3 is 2.70 bits per heavy atom. The first-order valence-electron chi connectivity index (χ1n) is 6.87. The Balaban J connectivity index is 2.21. The molecule has 0 atom stereocenters. The fourth-order valence-corrected chi connectivity index (χ4v) is 2.69. The van der Waals surface area contributed by atoms with Crippen molar-refractivity contribution >= 4 is 11.6 Å². The number of hydrogen-bond acceptors (Lipinski definition) is 4. The summed E-state index contributed by atoms with van der Waals surface area (Å²) in [6, 6.07) is 1.56. The molecule has 0 aliphatic carbocycles. The average molecular weight is 280 g/mol. The van der Waals surface area contributed by atoms with Gasteiger partial charge in [-0.15, -0.1) is 0 Å². The Labute approximate surface area is 117 Å². The Bertz CT molecular complexity index is 506. The van der Waals surface area contributed by atoms with Crippen molar-refractivity contribution in [1.29, 1.82) is 0 Å². The minimum atomic E-state index is -0.475. The van der Waals surface area contributed by atoms with Gasteiger partial charge in [0.1, 0.15) is 5.69 Å². The van der Waals surface area contributed by atoms with E-state index in [2.05, 4.69) is 5.32 Å². The maximum absolute atomic E-state index is 12.6. The number of aryl methyl sites for hydroxylation is 1. The van der Waals surface area contributed by atoms with E-state index in [4.69, 9.17) is 0 Å². The van der Waals surface area contributed by atoms with Gasteiger partial charge in [-0.3, -0.25) is 14.9 Å². The molecule has 20 heavy (non-hydrogen) atoms. The molecule has 7 heteroatoms. The van der Waals surface area contributed by atoms with Gasteiger partial charge in [-0.05, 0) is 32.9 Å². The number of rotatable bonds is 4. The molecule has 1 aromatic rings. The SMILES string of the molecule is CCN(C(=O)c1cc([N+](=O)[O-])cn1C)C1CCNCC1. The summed E-state index contributed by atoms with van der Waals surface area (Å²) in [6.45, 7) is 4.36. The minimum absolute atomic E-state index is 0.0442. The molecule has 1 saturated heterocycles. The molecule has 1 aliphatic heterocycles. The molecule has 110 valence electrons. The van der Waals surface area contributed by atoms with E-state index in [0.29, 0.717) is 12.2 Å². The molecule has 1 amide bonds. The smallest absolute Gasteiger partial charge is 0.287 e. The molecule has 0 unspecified atom stereocenters. The van der Waals surface area contributed by atoms with E-state index < -0.39 is 4.92 Å². The van der Waals surface area contributed by atoms with Crippen molar-refractivity contribution in [3.8, 4) is 0 Å². The van der Waals surface area contributed by atoms with Crippen LogP contribution in [0.5, 0.6) is 0 Å². The van der Waals surface area contributed by atoms with E-state index in [9.17, 15) is 14.9 Å². The van der Waals surface area contributed by atoms with Gasteiger partial charge in [0, 0.05) is 25.7 Å². The van der Waals surface area contributed by atoms with E-state index in [-0.39, 0.29) is 17.6 Å². The molecular weight excluding hydrogens is 260 g/mol. The second-order valence-corrected chi connectivity index (χ2v) is 5.02. The number of amides is 1. The lowest BCUT2D eigenvalue weighted by Gasteiger charge is -2.33. The zero-order valence-corrected chi connectivity index (χ0v) is 11.8. The molecule has 7 nitrogen and oxygen atoms in total. The van der Waals surface area contributed by atoms with Crippen LogP contribution in [0.15, 0.2) is 12.3 Å². The van der Waals surface area contributed by atoms with Crippen LogP contribution in [0.4, 0.5) is 5.69 Å². The standard InChI is InChI=1S/C13H20N4O3/c1-3-16(10-4-6-14-7-5-10)13(18)12-8-11(17(19)20)9-15(12)2/h8-10,14H,3-7H2,1-2H3. The molecule has 2 heterocycles. The third-order valence-electron chi connectivity index (χ3n) is 3.77. The van der Waals surface area contributed by atoms with E-state index in [0.717, 1.165) is 25.9 Å². The fourth-order valence-electron chi connectivity index (χ4n) is 2.69. The van der Waals surface area contributed by atoms with Crippen molar-refractivity contribution in [2.24, 2.45) is 7.05 Å².